The summed E-state index contributed by atoms with van der Waals surface area (Å²) in [6, 6.07) is 9.13. The number of methoxy groups -OCH3 is 1. The number of carbonyl (C=O) groups excluding carboxylic acids is 2. The molecule has 0 aliphatic rings. The quantitative estimate of drug-likeness (QED) is 0.522. The molecule has 27 heavy (non-hydrogen) atoms. The minimum Gasteiger partial charge on any atom is -0.468 e. The molecule has 8 nitrogen and oxygen atoms in total. The predicted molar refractivity (Wildman–Crippen MR) is 104 cm³/mol. The third-order valence-electron chi connectivity index (χ3n) is 3.93. The number of anilines is 1. The molecule has 0 aliphatic heterocycles. The first kappa shape index (κ1) is 20.5. The first-order valence-corrected chi connectivity index (χ1v) is 9.40. The molecular formula is C18H21N3O5S. The smallest absolute Gasteiger partial charge is 0.332 e. The number of Topliss-reactive ketones (excluding diaryl/α,β-unsaturated/α-hetero) is 1. The number of carbonyl (C=O) groups is 2. The number of rotatable bonds is 8. The summed E-state index contributed by atoms with van der Waals surface area (Å²) in [6.45, 7) is 1.90. The van der Waals surface area contributed by atoms with Gasteiger partial charge in [0.2, 0.25) is 0 Å². The SMILES string of the molecule is CCn1c(=O)c(C(=O)CSCC(=O)OC)c(N)n(Cc2ccccc2)c1=O. The van der Waals surface area contributed by atoms with E-state index < -0.39 is 23.0 Å². The Morgan fingerprint density at radius 1 is 1.11 bits per heavy atom. The number of nitrogens with two attached hydrogens (primary N) is 1. The number of benzene rings is 1. The van der Waals surface area contributed by atoms with Crippen LogP contribution in [-0.2, 0) is 22.6 Å². The van der Waals surface area contributed by atoms with Crippen molar-refractivity contribution in [2.24, 2.45) is 0 Å². The molecular weight excluding hydrogens is 370 g/mol. The van der Waals surface area contributed by atoms with Crippen LogP contribution in [0.15, 0.2) is 39.9 Å². The average molecular weight is 391 g/mol. The minimum atomic E-state index is -0.715. The van der Waals surface area contributed by atoms with Crippen LogP contribution in [0.1, 0.15) is 22.8 Å². The molecule has 1 aromatic heterocycles. The van der Waals surface area contributed by atoms with Gasteiger partial charge < -0.3 is 10.5 Å². The van der Waals surface area contributed by atoms with Crippen LogP contribution in [0.5, 0.6) is 0 Å². The minimum absolute atomic E-state index is 0.0201. The Morgan fingerprint density at radius 2 is 1.78 bits per heavy atom. The standard InChI is InChI=1S/C18H21N3O5S/c1-3-20-17(24)15(13(22)10-27-11-14(23)26-2)16(19)21(18(20)25)9-12-7-5-4-6-8-12/h4-8H,3,9-11,19H2,1-2H3. The van der Waals surface area contributed by atoms with Crippen LogP contribution in [-0.4, -0.2) is 39.5 Å². The molecule has 1 heterocycles. The lowest BCUT2D eigenvalue weighted by atomic mass is 10.2. The Morgan fingerprint density at radius 3 is 2.37 bits per heavy atom. The van der Waals surface area contributed by atoms with Crippen molar-refractivity contribution in [3.05, 3.63) is 62.3 Å². The fraction of sp³-hybridized carbons (Fsp3) is 0.333. The number of ketones is 1. The molecule has 2 aromatic rings. The number of thioether (sulfide) groups is 1. The van der Waals surface area contributed by atoms with Crippen molar-refractivity contribution < 1.29 is 14.3 Å². The van der Waals surface area contributed by atoms with Crippen LogP contribution in [0, 0.1) is 0 Å². The van der Waals surface area contributed by atoms with Gasteiger partial charge in [0.15, 0.2) is 5.78 Å². The zero-order valence-electron chi connectivity index (χ0n) is 15.1. The van der Waals surface area contributed by atoms with E-state index in [0.29, 0.717) is 0 Å². The molecule has 0 fully saturated rings. The van der Waals surface area contributed by atoms with E-state index in [0.717, 1.165) is 21.9 Å². The van der Waals surface area contributed by atoms with Gasteiger partial charge in [-0.1, -0.05) is 30.3 Å². The van der Waals surface area contributed by atoms with E-state index in [9.17, 15) is 19.2 Å². The van der Waals surface area contributed by atoms with Crippen LogP contribution in [0.3, 0.4) is 0 Å². The summed E-state index contributed by atoms with van der Waals surface area (Å²) in [6.07, 6.45) is 0. The Hall–Kier alpha value is -2.81. The van der Waals surface area contributed by atoms with E-state index >= 15 is 0 Å². The van der Waals surface area contributed by atoms with Crippen LogP contribution < -0.4 is 17.0 Å². The maximum absolute atomic E-state index is 12.6. The lowest BCUT2D eigenvalue weighted by Crippen LogP contribution is -2.44. The third-order valence-corrected chi connectivity index (χ3v) is 4.83. The molecule has 0 amide bonds. The number of nitrogens with zero attached hydrogens (tertiary/aromatic N) is 2. The molecule has 9 heteroatoms. The summed E-state index contributed by atoms with van der Waals surface area (Å²) in [7, 11) is 1.25. The number of ether oxygens (including phenoxy) is 1. The molecule has 0 spiro atoms. The van der Waals surface area contributed by atoms with Gasteiger partial charge in [0, 0.05) is 6.54 Å². The Kier molecular flexibility index (Phi) is 7.00. The third kappa shape index (κ3) is 4.68. The first-order valence-electron chi connectivity index (χ1n) is 8.25. The van der Waals surface area contributed by atoms with Crippen molar-refractivity contribution in [1.82, 2.24) is 9.13 Å². The van der Waals surface area contributed by atoms with Crippen LogP contribution in [0.2, 0.25) is 0 Å². The van der Waals surface area contributed by atoms with Gasteiger partial charge in [-0.05, 0) is 12.5 Å². The molecule has 0 atom stereocenters. The Balaban J connectivity index is 2.43. The molecule has 0 aliphatic carbocycles. The number of aromatic nitrogens is 2. The summed E-state index contributed by atoms with van der Waals surface area (Å²) in [5.74, 6) is -1.31. The summed E-state index contributed by atoms with van der Waals surface area (Å²) >= 11 is 1.02. The van der Waals surface area contributed by atoms with Crippen molar-refractivity contribution in [1.29, 1.82) is 0 Å². The highest BCUT2D eigenvalue weighted by molar-refractivity contribution is 8.00. The van der Waals surface area contributed by atoms with Crippen molar-refractivity contribution in [2.45, 2.75) is 20.0 Å². The highest BCUT2D eigenvalue weighted by Crippen LogP contribution is 2.12. The van der Waals surface area contributed by atoms with E-state index in [1.165, 1.54) is 11.7 Å². The van der Waals surface area contributed by atoms with Gasteiger partial charge in [-0.2, -0.15) is 0 Å². The van der Waals surface area contributed by atoms with Gasteiger partial charge in [0.1, 0.15) is 11.4 Å². The average Bonchev–Trinajstić information content (AvgIpc) is 2.66. The molecule has 0 radical (unpaired) electrons. The van der Waals surface area contributed by atoms with E-state index in [1.54, 1.807) is 6.92 Å². The van der Waals surface area contributed by atoms with Gasteiger partial charge >= 0.3 is 11.7 Å². The van der Waals surface area contributed by atoms with Crippen molar-refractivity contribution >= 4 is 29.3 Å². The molecule has 2 N–H and O–H groups in total. The van der Waals surface area contributed by atoms with Gasteiger partial charge in [0.25, 0.3) is 5.56 Å². The fourth-order valence-corrected chi connectivity index (χ4v) is 3.25. The van der Waals surface area contributed by atoms with Crippen LogP contribution >= 0.6 is 11.8 Å². The number of nitrogen functional groups attached to an aromatic ring is 1. The second-order valence-corrected chi connectivity index (χ2v) is 6.64. The van der Waals surface area contributed by atoms with E-state index in [-0.39, 0.29) is 36.0 Å². The first-order chi connectivity index (χ1) is 12.9. The van der Waals surface area contributed by atoms with Gasteiger partial charge in [-0.3, -0.25) is 23.5 Å². The Labute approximate surface area is 159 Å². The highest BCUT2D eigenvalue weighted by atomic mass is 32.2. The van der Waals surface area contributed by atoms with Crippen LogP contribution in [0.4, 0.5) is 5.82 Å². The van der Waals surface area contributed by atoms with E-state index in [4.69, 9.17) is 5.73 Å². The zero-order chi connectivity index (χ0) is 20.0. The van der Waals surface area contributed by atoms with E-state index in [2.05, 4.69) is 4.74 Å². The van der Waals surface area contributed by atoms with Crippen molar-refractivity contribution in [3.63, 3.8) is 0 Å². The number of hydrogen-bond donors (Lipinski definition) is 1. The summed E-state index contributed by atoms with van der Waals surface area (Å²) < 4.78 is 6.72. The van der Waals surface area contributed by atoms with Crippen molar-refractivity contribution in [2.75, 3.05) is 24.3 Å². The summed E-state index contributed by atoms with van der Waals surface area (Å²) in [5, 5.41) is 0. The maximum Gasteiger partial charge on any atom is 0.332 e. The second kappa shape index (κ2) is 9.22. The second-order valence-electron chi connectivity index (χ2n) is 5.66. The molecule has 0 unspecified atom stereocenters. The van der Waals surface area contributed by atoms with Crippen molar-refractivity contribution in [3.8, 4) is 0 Å². The monoisotopic (exact) mass is 391 g/mol. The maximum atomic E-state index is 12.6. The number of esters is 1. The predicted octanol–water partition coefficient (Wildman–Crippen LogP) is 0.749. The lowest BCUT2D eigenvalue weighted by Gasteiger charge is -2.15. The van der Waals surface area contributed by atoms with E-state index in [1.807, 2.05) is 30.3 Å². The van der Waals surface area contributed by atoms with Crippen LogP contribution in [0.25, 0.3) is 0 Å². The van der Waals surface area contributed by atoms with Gasteiger partial charge in [0.05, 0.1) is 25.2 Å². The molecule has 2 rings (SSSR count). The molecule has 0 saturated heterocycles. The van der Waals surface area contributed by atoms with Gasteiger partial charge in [-0.25, -0.2) is 4.79 Å². The van der Waals surface area contributed by atoms with Gasteiger partial charge in [-0.15, -0.1) is 11.8 Å². The highest BCUT2D eigenvalue weighted by Gasteiger charge is 2.22. The zero-order valence-corrected chi connectivity index (χ0v) is 16.0. The molecule has 0 saturated carbocycles. The normalized spacial score (nSPS) is 10.6. The molecule has 1 aromatic carbocycles. The summed E-state index contributed by atoms with van der Waals surface area (Å²) in [5.41, 5.74) is 5.34. The molecule has 144 valence electrons. The fourth-order valence-electron chi connectivity index (χ4n) is 2.53. The summed E-state index contributed by atoms with van der Waals surface area (Å²) in [4.78, 5) is 49.0. The largest absolute Gasteiger partial charge is 0.468 e. The Bertz CT molecular complexity index is 950. The topological polar surface area (TPSA) is 113 Å². The molecule has 0 bridgehead atoms. The lowest BCUT2D eigenvalue weighted by molar-refractivity contribution is -0.137. The number of hydrogen-bond acceptors (Lipinski definition) is 7.